The highest BCUT2D eigenvalue weighted by atomic mass is 32.2. The molecule has 2 N–H and O–H groups in total. The van der Waals surface area contributed by atoms with Crippen LogP contribution in [0.15, 0.2) is 28.2 Å². The van der Waals surface area contributed by atoms with Gasteiger partial charge in [-0.15, -0.1) is 0 Å². The van der Waals surface area contributed by atoms with Crippen molar-refractivity contribution in [1.29, 1.82) is 0 Å². The number of carbonyl (C=O) groups is 1. The number of carbonyl (C=O) groups excluding carboxylic acids is 1. The van der Waals surface area contributed by atoms with Crippen LogP contribution in [0.2, 0.25) is 0 Å². The van der Waals surface area contributed by atoms with Gasteiger partial charge in [0.25, 0.3) is 5.56 Å². The van der Waals surface area contributed by atoms with Gasteiger partial charge in [-0.2, -0.15) is 0 Å². The Bertz CT molecular complexity index is 833. The molecule has 1 heterocycles. The van der Waals surface area contributed by atoms with Gasteiger partial charge in [0, 0.05) is 24.2 Å². The number of benzene rings is 1. The zero-order chi connectivity index (χ0) is 19.1. The molecule has 1 aromatic heterocycles. The summed E-state index contributed by atoms with van der Waals surface area (Å²) in [5.74, 6) is 0.747. The fraction of sp³-hybridized carbons (Fsp3) is 0.421. The van der Waals surface area contributed by atoms with Crippen molar-refractivity contribution in [1.82, 2.24) is 15.3 Å². The van der Waals surface area contributed by atoms with Gasteiger partial charge in [0.2, 0.25) is 5.91 Å². The molecule has 140 valence electrons. The minimum atomic E-state index is -0.167. The molecule has 0 bridgehead atoms. The topological polar surface area (TPSA) is 84.1 Å². The molecular weight excluding hydrogens is 350 g/mol. The summed E-state index contributed by atoms with van der Waals surface area (Å²) < 4.78 is 5.35. The summed E-state index contributed by atoms with van der Waals surface area (Å²) in [6, 6.07) is 6.00. The van der Waals surface area contributed by atoms with E-state index in [-0.39, 0.29) is 17.9 Å². The molecule has 26 heavy (non-hydrogen) atoms. The Morgan fingerprint density at radius 1 is 1.31 bits per heavy atom. The van der Waals surface area contributed by atoms with Crippen LogP contribution < -0.4 is 15.6 Å². The number of hydrogen-bond donors (Lipinski definition) is 2. The first kappa shape index (κ1) is 20.0. The summed E-state index contributed by atoms with van der Waals surface area (Å²) >= 11 is 1.39. The largest absolute Gasteiger partial charge is 0.496 e. The number of ether oxygens (including phenoxy) is 1. The normalized spacial score (nSPS) is 10.6. The second-order valence-corrected chi connectivity index (χ2v) is 6.85. The molecule has 0 radical (unpaired) electrons. The monoisotopic (exact) mass is 375 g/mol. The van der Waals surface area contributed by atoms with Crippen molar-refractivity contribution in [2.24, 2.45) is 0 Å². The highest BCUT2D eigenvalue weighted by Crippen LogP contribution is 2.19. The summed E-state index contributed by atoms with van der Waals surface area (Å²) in [4.78, 5) is 31.2. The Hall–Kier alpha value is -2.28. The smallest absolute Gasteiger partial charge is 0.254 e. The van der Waals surface area contributed by atoms with E-state index in [1.54, 1.807) is 14.0 Å². The van der Waals surface area contributed by atoms with Crippen molar-refractivity contribution in [3.05, 3.63) is 50.9 Å². The Balaban J connectivity index is 1.87. The number of hydrogen-bond acceptors (Lipinski definition) is 5. The fourth-order valence-corrected chi connectivity index (χ4v) is 3.16. The Labute approximate surface area is 157 Å². The molecule has 0 saturated carbocycles. The van der Waals surface area contributed by atoms with Crippen molar-refractivity contribution in [2.75, 3.05) is 19.9 Å². The van der Waals surface area contributed by atoms with Gasteiger partial charge in [0.15, 0.2) is 5.16 Å². The van der Waals surface area contributed by atoms with E-state index in [0.717, 1.165) is 16.9 Å². The van der Waals surface area contributed by atoms with Crippen molar-refractivity contribution in [2.45, 2.75) is 38.3 Å². The number of thioether (sulfide) groups is 1. The van der Waals surface area contributed by atoms with E-state index in [4.69, 9.17) is 4.74 Å². The summed E-state index contributed by atoms with van der Waals surface area (Å²) in [7, 11) is 1.64. The number of rotatable bonds is 8. The number of methoxy groups -OCH3 is 1. The van der Waals surface area contributed by atoms with Gasteiger partial charge in [-0.1, -0.05) is 29.5 Å². The lowest BCUT2D eigenvalue weighted by molar-refractivity contribution is -0.121. The number of amides is 1. The van der Waals surface area contributed by atoms with Crippen LogP contribution in [0.3, 0.4) is 0 Å². The third kappa shape index (κ3) is 5.36. The van der Waals surface area contributed by atoms with Crippen LogP contribution in [0.25, 0.3) is 0 Å². The van der Waals surface area contributed by atoms with E-state index in [2.05, 4.69) is 21.4 Å². The van der Waals surface area contributed by atoms with Crippen LogP contribution in [-0.4, -0.2) is 35.8 Å². The van der Waals surface area contributed by atoms with E-state index in [9.17, 15) is 9.59 Å². The minimum absolute atomic E-state index is 0.0793. The molecule has 6 nitrogen and oxygen atoms in total. The summed E-state index contributed by atoms with van der Waals surface area (Å²) in [5.41, 5.74) is 3.30. The maximum absolute atomic E-state index is 12.1. The molecule has 2 aromatic rings. The standard InChI is InChI=1S/C19H25N3O3S/c1-12-5-7-16(25-3)14(11-12)9-10-20-17(23)8-6-15-13(2)21-19(26-4)22-18(15)24/h5,7,11H,6,8-10H2,1-4H3,(H,20,23)(H,21,22,24). The highest BCUT2D eigenvalue weighted by molar-refractivity contribution is 7.98. The Morgan fingerprint density at radius 2 is 2.08 bits per heavy atom. The first-order valence-electron chi connectivity index (χ1n) is 8.48. The lowest BCUT2D eigenvalue weighted by atomic mass is 10.1. The van der Waals surface area contributed by atoms with Gasteiger partial charge in [0.05, 0.1) is 7.11 Å². The van der Waals surface area contributed by atoms with E-state index >= 15 is 0 Å². The molecule has 0 unspecified atom stereocenters. The van der Waals surface area contributed by atoms with Gasteiger partial charge in [-0.05, 0) is 44.6 Å². The number of aryl methyl sites for hydroxylation is 2. The zero-order valence-corrected chi connectivity index (χ0v) is 16.5. The van der Waals surface area contributed by atoms with Crippen molar-refractivity contribution >= 4 is 17.7 Å². The molecule has 1 amide bonds. The molecule has 0 aliphatic carbocycles. The molecule has 0 fully saturated rings. The number of nitrogens with zero attached hydrogens (tertiary/aromatic N) is 1. The molecule has 0 aliphatic rings. The van der Waals surface area contributed by atoms with Gasteiger partial charge >= 0.3 is 0 Å². The second kappa shape index (κ2) is 9.43. The SMILES string of the molecule is COc1ccc(C)cc1CCNC(=O)CCc1c(C)nc(SC)[nH]c1=O. The average Bonchev–Trinajstić information content (AvgIpc) is 2.61. The van der Waals surface area contributed by atoms with Crippen LogP contribution >= 0.6 is 11.8 Å². The van der Waals surface area contributed by atoms with E-state index in [0.29, 0.717) is 35.8 Å². The maximum Gasteiger partial charge on any atom is 0.254 e. The first-order valence-corrected chi connectivity index (χ1v) is 9.71. The van der Waals surface area contributed by atoms with Gasteiger partial charge in [0.1, 0.15) is 5.75 Å². The molecular formula is C19H25N3O3S. The lowest BCUT2D eigenvalue weighted by Gasteiger charge is -2.10. The molecule has 0 aliphatic heterocycles. The number of aromatic amines is 1. The van der Waals surface area contributed by atoms with Crippen LogP contribution in [0, 0.1) is 13.8 Å². The predicted octanol–water partition coefficient (Wildman–Crippen LogP) is 2.41. The van der Waals surface area contributed by atoms with Gasteiger partial charge < -0.3 is 15.0 Å². The van der Waals surface area contributed by atoms with Crippen LogP contribution in [0.5, 0.6) is 5.75 Å². The van der Waals surface area contributed by atoms with Crippen molar-refractivity contribution in [3.8, 4) is 5.75 Å². The lowest BCUT2D eigenvalue weighted by Crippen LogP contribution is -2.27. The molecule has 2 rings (SSSR count). The van der Waals surface area contributed by atoms with Crippen molar-refractivity contribution in [3.63, 3.8) is 0 Å². The van der Waals surface area contributed by atoms with Crippen LogP contribution in [0.4, 0.5) is 0 Å². The molecule has 0 saturated heterocycles. The number of nitrogens with one attached hydrogen (secondary N) is 2. The quantitative estimate of drug-likeness (QED) is 0.547. The molecule has 0 atom stereocenters. The third-order valence-electron chi connectivity index (χ3n) is 4.15. The minimum Gasteiger partial charge on any atom is -0.496 e. The third-order valence-corrected chi connectivity index (χ3v) is 4.73. The molecule has 0 spiro atoms. The van der Waals surface area contributed by atoms with Crippen molar-refractivity contribution < 1.29 is 9.53 Å². The molecule has 7 heteroatoms. The predicted molar refractivity (Wildman–Crippen MR) is 104 cm³/mol. The van der Waals surface area contributed by atoms with Gasteiger partial charge in [-0.3, -0.25) is 9.59 Å². The number of H-pyrrole nitrogens is 1. The maximum atomic E-state index is 12.1. The van der Waals surface area contributed by atoms with E-state index in [1.807, 2.05) is 25.3 Å². The highest BCUT2D eigenvalue weighted by Gasteiger charge is 2.11. The summed E-state index contributed by atoms with van der Waals surface area (Å²) in [6.07, 6.45) is 3.19. The van der Waals surface area contributed by atoms with E-state index in [1.165, 1.54) is 11.8 Å². The zero-order valence-electron chi connectivity index (χ0n) is 15.6. The van der Waals surface area contributed by atoms with Gasteiger partial charge in [-0.25, -0.2) is 4.98 Å². The first-order chi connectivity index (χ1) is 12.4. The molecule has 1 aromatic carbocycles. The Morgan fingerprint density at radius 3 is 2.73 bits per heavy atom. The Kier molecular flexibility index (Phi) is 7.26. The van der Waals surface area contributed by atoms with Crippen LogP contribution in [-0.2, 0) is 17.6 Å². The van der Waals surface area contributed by atoms with Crippen LogP contribution in [0.1, 0.15) is 28.8 Å². The summed E-state index contributed by atoms with van der Waals surface area (Å²) in [5, 5.41) is 3.49. The average molecular weight is 375 g/mol. The summed E-state index contributed by atoms with van der Waals surface area (Å²) in [6.45, 7) is 4.35. The number of aromatic nitrogens is 2. The second-order valence-electron chi connectivity index (χ2n) is 6.05. The fourth-order valence-electron chi connectivity index (χ4n) is 2.74. The van der Waals surface area contributed by atoms with E-state index < -0.39 is 0 Å².